The van der Waals surface area contributed by atoms with Gasteiger partial charge < -0.3 is 14.6 Å². The van der Waals surface area contributed by atoms with Crippen molar-refractivity contribution in [3.63, 3.8) is 0 Å². The van der Waals surface area contributed by atoms with E-state index in [2.05, 4.69) is 23.2 Å². The third kappa shape index (κ3) is 2.73. The first kappa shape index (κ1) is 18.3. The number of aromatic amines is 1. The smallest absolute Gasteiger partial charge is 0.256 e. The lowest BCUT2D eigenvalue weighted by Crippen LogP contribution is -2.51. The molecule has 1 saturated heterocycles. The fraction of sp³-hybridized carbons (Fsp3) is 0.231. The minimum absolute atomic E-state index is 0.0535. The van der Waals surface area contributed by atoms with Gasteiger partial charge >= 0.3 is 0 Å². The van der Waals surface area contributed by atoms with Crippen molar-refractivity contribution in [2.24, 2.45) is 0 Å². The Bertz CT molecular complexity index is 1400. The first-order chi connectivity index (χ1) is 15.2. The monoisotopic (exact) mass is 410 g/mol. The van der Waals surface area contributed by atoms with E-state index in [0.29, 0.717) is 41.5 Å². The van der Waals surface area contributed by atoms with Crippen molar-refractivity contribution in [1.29, 1.82) is 0 Å². The number of nitrogens with zero attached hydrogens (tertiary/aromatic N) is 1. The molecule has 4 aromatic rings. The molecule has 0 saturated carbocycles. The maximum absolute atomic E-state index is 13.7. The average Bonchev–Trinajstić information content (AvgIpc) is 3.16. The van der Waals surface area contributed by atoms with Gasteiger partial charge in [0.25, 0.3) is 5.91 Å². The lowest BCUT2D eigenvalue weighted by Gasteiger charge is -2.41. The highest BCUT2D eigenvalue weighted by molar-refractivity contribution is 6.07. The minimum atomic E-state index is -0.435. The number of fused-ring (bicyclic) bond motifs is 4. The molecule has 5 heteroatoms. The second-order valence-corrected chi connectivity index (χ2v) is 8.45. The van der Waals surface area contributed by atoms with Crippen molar-refractivity contribution < 1.29 is 9.53 Å². The van der Waals surface area contributed by atoms with E-state index in [0.717, 1.165) is 18.4 Å². The Balaban J connectivity index is 1.43. The van der Waals surface area contributed by atoms with Crippen LogP contribution in [0.3, 0.4) is 0 Å². The molecule has 1 amide bonds. The van der Waals surface area contributed by atoms with Crippen LogP contribution in [0.4, 0.5) is 0 Å². The number of H-pyrrole nitrogens is 1. The lowest BCUT2D eigenvalue weighted by molar-refractivity contribution is -0.103. The van der Waals surface area contributed by atoms with Crippen LogP contribution in [0.25, 0.3) is 21.8 Å². The number of rotatable bonds is 1. The molecule has 1 aliphatic carbocycles. The molecule has 1 N–H and O–H groups in total. The zero-order valence-corrected chi connectivity index (χ0v) is 17.1. The van der Waals surface area contributed by atoms with E-state index in [1.165, 1.54) is 11.1 Å². The van der Waals surface area contributed by atoms with Crippen LogP contribution in [-0.2, 0) is 16.8 Å². The summed E-state index contributed by atoms with van der Waals surface area (Å²) in [4.78, 5) is 31.9. The maximum Gasteiger partial charge on any atom is 0.256 e. The van der Waals surface area contributed by atoms with E-state index < -0.39 is 5.60 Å². The van der Waals surface area contributed by atoms with Crippen molar-refractivity contribution in [3.8, 4) is 0 Å². The number of nitrogens with one attached hydrogen (secondary N) is 1. The largest absolute Gasteiger partial charge is 0.367 e. The Morgan fingerprint density at radius 3 is 2.71 bits per heavy atom. The van der Waals surface area contributed by atoms with Gasteiger partial charge in [0.1, 0.15) is 5.60 Å². The quantitative estimate of drug-likeness (QED) is 0.483. The summed E-state index contributed by atoms with van der Waals surface area (Å²) in [6.45, 7) is 1.57. The first-order valence-corrected chi connectivity index (χ1v) is 10.7. The molecule has 0 bridgehead atoms. The number of aryl methyl sites for hydroxylation is 1. The van der Waals surface area contributed by atoms with Crippen LogP contribution in [0, 0.1) is 0 Å². The summed E-state index contributed by atoms with van der Waals surface area (Å²) in [6.07, 6.45) is 1.85. The van der Waals surface area contributed by atoms with Crippen LogP contribution in [0.5, 0.6) is 0 Å². The molecule has 2 aliphatic rings. The van der Waals surface area contributed by atoms with Crippen LogP contribution >= 0.6 is 0 Å². The molecular weight excluding hydrogens is 388 g/mol. The predicted molar refractivity (Wildman–Crippen MR) is 120 cm³/mol. The number of carbonyl (C=O) groups is 1. The van der Waals surface area contributed by atoms with E-state index >= 15 is 0 Å². The molecule has 1 aliphatic heterocycles. The summed E-state index contributed by atoms with van der Waals surface area (Å²) in [6, 6.07) is 21.2. The van der Waals surface area contributed by atoms with Crippen LogP contribution in [-0.4, -0.2) is 35.5 Å². The van der Waals surface area contributed by atoms with Gasteiger partial charge in [0.05, 0.1) is 24.2 Å². The second kappa shape index (κ2) is 6.79. The molecular formula is C26H22N2O3. The summed E-state index contributed by atoms with van der Waals surface area (Å²) in [7, 11) is 0. The van der Waals surface area contributed by atoms with Gasteiger partial charge in [0.2, 0.25) is 0 Å². The van der Waals surface area contributed by atoms with Crippen molar-refractivity contribution in [3.05, 3.63) is 93.6 Å². The maximum atomic E-state index is 13.7. The van der Waals surface area contributed by atoms with E-state index in [-0.39, 0.29) is 11.3 Å². The van der Waals surface area contributed by atoms with E-state index in [1.807, 2.05) is 35.2 Å². The number of morpholine rings is 1. The highest BCUT2D eigenvalue weighted by Crippen LogP contribution is 2.42. The highest BCUT2D eigenvalue weighted by Gasteiger charge is 2.44. The molecule has 31 heavy (non-hydrogen) atoms. The van der Waals surface area contributed by atoms with Gasteiger partial charge in [-0.25, -0.2) is 0 Å². The Labute approximate surface area is 179 Å². The predicted octanol–water partition coefficient (Wildman–Crippen LogP) is 4.00. The number of carbonyl (C=O) groups excluding carboxylic acids is 1. The lowest BCUT2D eigenvalue weighted by atomic mass is 9.93. The SMILES string of the molecule is O=C(c1cccc2c(=O)c3ccccc3[nH]c12)N1CCOC2(CCc3ccccc32)C1. The molecule has 154 valence electrons. The average molecular weight is 410 g/mol. The number of aromatic nitrogens is 1. The Morgan fingerprint density at radius 2 is 1.77 bits per heavy atom. The Hall–Kier alpha value is -3.44. The molecule has 1 spiro atoms. The molecule has 6 rings (SSSR count). The van der Waals surface area contributed by atoms with Gasteiger partial charge in [-0.3, -0.25) is 9.59 Å². The van der Waals surface area contributed by atoms with E-state index in [9.17, 15) is 9.59 Å². The summed E-state index contributed by atoms with van der Waals surface area (Å²) in [5.74, 6) is -0.0661. The summed E-state index contributed by atoms with van der Waals surface area (Å²) >= 11 is 0. The normalized spacial score (nSPS) is 20.5. The number of pyridine rings is 1. The van der Waals surface area contributed by atoms with E-state index in [1.54, 1.807) is 18.2 Å². The summed E-state index contributed by atoms with van der Waals surface area (Å²) < 4.78 is 6.28. The molecule has 3 aromatic carbocycles. The number of hydrogen-bond donors (Lipinski definition) is 1. The molecule has 1 aromatic heterocycles. The van der Waals surface area contributed by atoms with Gasteiger partial charge in [-0.15, -0.1) is 0 Å². The van der Waals surface area contributed by atoms with Crippen molar-refractivity contribution >= 4 is 27.7 Å². The summed E-state index contributed by atoms with van der Waals surface area (Å²) in [5.41, 5.74) is 3.88. The van der Waals surface area contributed by atoms with Gasteiger partial charge in [-0.05, 0) is 48.2 Å². The van der Waals surface area contributed by atoms with Gasteiger partial charge in [-0.2, -0.15) is 0 Å². The Kier molecular flexibility index (Phi) is 4.02. The number of ether oxygens (including phenoxy) is 1. The third-order valence-electron chi connectivity index (χ3n) is 6.75. The van der Waals surface area contributed by atoms with Crippen molar-refractivity contribution in [2.75, 3.05) is 19.7 Å². The minimum Gasteiger partial charge on any atom is -0.367 e. The van der Waals surface area contributed by atoms with Crippen LogP contribution < -0.4 is 5.43 Å². The van der Waals surface area contributed by atoms with Crippen LogP contribution in [0.15, 0.2) is 71.5 Å². The molecule has 1 fully saturated rings. The molecule has 5 nitrogen and oxygen atoms in total. The molecule has 1 unspecified atom stereocenters. The molecule has 0 radical (unpaired) electrons. The van der Waals surface area contributed by atoms with Gasteiger partial charge in [0.15, 0.2) is 5.43 Å². The number of para-hydroxylation sites is 2. The van der Waals surface area contributed by atoms with Crippen LogP contribution in [0.2, 0.25) is 0 Å². The molecule has 2 heterocycles. The van der Waals surface area contributed by atoms with Gasteiger partial charge in [-0.1, -0.05) is 42.5 Å². The Morgan fingerprint density at radius 1 is 0.968 bits per heavy atom. The van der Waals surface area contributed by atoms with E-state index in [4.69, 9.17) is 4.74 Å². The van der Waals surface area contributed by atoms with Gasteiger partial charge in [0, 0.05) is 22.8 Å². The standard InChI is InChI=1S/C26H22N2O3/c29-24-18-7-2-4-11-22(18)27-23-19(24)8-5-9-20(23)25(30)28-14-15-31-26(16-28)13-12-17-6-1-3-10-21(17)26/h1-11H,12-16H2,(H,27,29). The van der Waals surface area contributed by atoms with Crippen LogP contribution in [0.1, 0.15) is 27.9 Å². The first-order valence-electron chi connectivity index (χ1n) is 10.7. The van der Waals surface area contributed by atoms with Crippen molar-refractivity contribution in [2.45, 2.75) is 18.4 Å². The molecule has 1 atom stereocenters. The fourth-order valence-electron chi connectivity index (χ4n) is 5.22. The number of benzene rings is 3. The number of hydrogen-bond acceptors (Lipinski definition) is 3. The number of amides is 1. The zero-order valence-electron chi connectivity index (χ0n) is 17.1. The zero-order chi connectivity index (χ0) is 21.0. The third-order valence-corrected chi connectivity index (χ3v) is 6.75. The highest BCUT2D eigenvalue weighted by atomic mass is 16.5. The topological polar surface area (TPSA) is 62.4 Å². The fourth-order valence-corrected chi connectivity index (χ4v) is 5.22. The second-order valence-electron chi connectivity index (χ2n) is 8.45. The summed E-state index contributed by atoms with van der Waals surface area (Å²) in [5, 5.41) is 1.17. The van der Waals surface area contributed by atoms with Crippen molar-refractivity contribution in [1.82, 2.24) is 9.88 Å².